The molecule has 28 heavy (non-hydrogen) atoms. The summed E-state index contributed by atoms with van der Waals surface area (Å²) in [6.07, 6.45) is 1.72. The molecule has 1 saturated heterocycles. The topological polar surface area (TPSA) is 58.7 Å². The number of pyridine rings is 1. The van der Waals surface area contributed by atoms with Gasteiger partial charge in [0, 0.05) is 24.4 Å². The summed E-state index contributed by atoms with van der Waals surface area (Å²) in [5, 5.41) is 1.19. The average Bonchev–Trinajstić information content (AvgIpc) is 3.23. The van der Waals surface area contributed by atoms with E-state index in [-0.39, 0.29) is 5.91 Å². The number of likely N-dealkylation sites (N-methyl/N-ethyl adjacent to an activating group) is 1. The first-order chi connectivity index (χ1) is 13.5. The molecule has 0 N–H and O–H groups in total. The van der Waals surface area contributed by atoms with Crippen LogP contribution in [-0.2, 0) is 4.79 Å². The lowest BCUT2D eigenvalue weighted by Crippen LogP contribution is -2.23. The second kappa shape index (κ2) is 7.66. The molecule has 0 atom stereocenters. The molecular weight excluding hydrogens is 394 g/mol. The summed E-state index contributed by atoms with van der Waals surface area (Å²) in [6.45, 7) is 1.90. The van der Waals surface area contributed by atoms with E-state index in [0.717, 1.165) is 11.3 Å². The monoisotopic (exact) mass is 409 g/mol. The highest BCUT2D eigenvalue weighted by atomic mass is 35.5. The first kappa shape index (κ1) is 18.5. The van der Waals surface area contributed by atoms with Crippen molar-refractivity contribution < 1.29 is 9.21 Å². The lowest BCUT2D eigenvalue weighted by molar-refractivity contribution is -0.121. The molecule has 0 aliphatic carbocycles. The number of nitrogens with zero attached hydrogens (tertiary/aromatic N) is 3. The SMILES string of the molecule is Cc1cccc(/N=C2/S/C(=C/c3ccc(-c4ccccc4Cl)o3)C(=O)N2C)n1. The van der Waals surface area contributed by atoms with Crippen LogP contribution in [-0.4, -0.2) is 28.0 Å². The Bertz CT molecular complexity index is 1120. The number of hydrogen-bond donors (Lipinski definition) is 0. The molecular formula is C21H16ClN3O2S. The van der Waals surface area contributed by atoms with Gasteiger partial charge in [-0.3, -0.25) is 9.69 Å². The number of hydrogen-bond acceptors (Lipinski definition) is 5. The van der Waals surface area contributed by atoms with Crippen LogP contribution in [0, 0.1) is 6.92 Å². The Hall–Kier alpha value is -2.83. The number of amidine groups is 1. The van der Waals surface area contributed by atoms with Gasteiger partial charge in [-0.1, -0.05) is 29.8 Å². The molecule has 3 aromatic rings. The molecule has 140 valence electrons. The summed E-state index contributed by atoms with van der Waals surface area (Å²) in [5.74, 6) is 1.67. The van der Waals surface area contributed by atoms with Gasteiger partial charge >= 0.3 is 0 Å². The van der Waals surface area contributed by atoms with Gasteiger partial charge in [0.25, 0.3) is 5.91 Å². The highest BCUT2D eigenvalue weighted by molar-refractivity contribution is 8.18. The minimum absolute atomic E-state index is 0.132. The lowest BCUT2D eigenvalue weighted by atomic mass is 10.2. The van der Waals surface area contributed by atoms with E-state index in [1.54, 1.807) is 13.1 Å². The number of aryl methyl sites for hydroxylation is 1. The van der Waals surface area contributed by atoms with Crippen LogP contribution in [0.5, 0.6) is 0 Å². The fourth-order valence-electron chi connectivity index (χ4n) is 2.71. The van der Waals surface area contributed by atoms with Gasteiger partial charge in [0.1, 0.15) is 11.5 Å². The van der Waals surface area contributed by atoms with Gasteiger partial charge in [-0.15, -0.1) is 0 Å². The molecule has 0 radical (unpaired) electrons. The second-order valence-corrected chi connectivity index (χ2v) is 7.60. The third kappa shape index (κ3) is 3.74. The third-order valence-corrected chi connectivity index (χ3v) is 5.52. The van der Waals surface area contributed by atoms with Crippen LogP contribution in [0.1, 0.15) is 11.5 Å². The molecule has 3 heterocycles. The van der Waals surface area contributed by atoms with Gasteiger partial charge in [-0.25, -0.2) is 9.98 Å². The van der Waals surface area contributed by atoms with Crippen molar-refractivity contribution in [3.05, 3.63) is 76.0 Å². The van der Waals surface area contributed by atoms with Gasteiger partial charge in [-0.2, -0.15) is 0 Å². The first-order valence-electron chi connectivity index (χ1n) is 8.56. The Labute approximate surface area is 171 Å². The minimum Gasteiger partial charge on any atom is -0.457 e. The smallest absolute Gasteiger partial charge is 0.266 e. The van der Waals surface area contributed by atoms with E-state index >= 15 is 0 Å². The van der Waals surface area contributed by atoms with Crippen LogP contribution in [0.4, 0.5) is 5.82 Å². The summed E-state index contributed by atoms with van der Waals surface area (Å²) in [7, 11) is 1.70. The normalized spacial score (nSPS) is 17.1. The molecule has 1 aliphatic heterocycles. The molecule has 5 nitrogen and oxygen atoms in total. The molecule has 1 amide bonds. The summed E-state index contributed by atoms with van der Waals surface area (Å²) in [5.41, 5.74) is 1.68. The van der Waals surface area contributed by atoms with Crippen molar-refractivity contribution in [3.8, 4) is 11.3 Å². The largest absolute Gasteiger partial charge is 0.457 e. The van der Waals surface area contributed by atoms with Gasteiger partial charge in [0.2, 0.25) is 0 Å². The number of halogens is 1. The molecule has 1 aliphatic rings. The van der Waals surface area contributed by atoms with E-state index in [4.69, 9.17) is 16.0 Å². The predicted molar refractivity (Wildman–Crippen MR) is 114 cm³/mol. The quantitative estimate of drug-likeness (QED) is 0.533. The molecule has 0 saturated carbocycles. The Balaban J connectivity index is 1.61. The lowest BCUT2D eigenvalue weighted by Gasteiger charge is -2.06. The molecule has 4 rings (SSSR count). The van der Waals surface area contributed by atoms with Crippen molar-refractivity contribution in [3.63, 3.8) is 0 Å². The van der Waals surface area contributed by atoms with E-state index in [2.05, 4.69) is 9.98 Å². The molecule has 0 unspecified atom stereocenters. The molecule has 0 bridgehead atoms. The average molecular weight is 410 g/mol. The fourth-order valence-corrected chi connectivity index (χ4v) is 3.89. The standard InChI is InChI=1S/C21H16ClN3O2S/c1-13-6-5-9-19(23-13)24-21-25(2)20(26)18(28-21)12-14-10-11-17(27-14)15-7-3-4-8-16(15)22/h3-12H,1-2H3/b18-12+,24-21+. The number of carbonyl (C=O) groups is 1. The zero-order valence-corrected chi connectivity index (χ0v) is 16.8. The number of benzene rings is 1. The number of aliphatic imine (C=N–C) groups is 1. The first-order valence-corrected chi connectivity index (χ1v) is 9.75. The molecule has 7 heteroatoms. The summed E-state index contributed by atoms with van der Waals surface area (Å²) in [6, 6.07) is 16.7. The van der Waals surface area contributed by atoms with Crippen LogP contribution in [0.25, 0.3) is 17.4 Å². The van der Waals surface area contributed by atoms with E-state index in [1.807, 2.05) is 61.5 Å². The number of carbonyl (C=O) groups excluding carboxylic acids is 1. The Kier molecular flexibility index (Phi) is 5.07. The van der Waals surface area contributed by atoms with Gasteiger partial charge in [0.15, 0.2) is 11.0 Å². The van der Waals surface area contributed by atoms with Crippen LogP contribution < -0.4 is 0 Å². The Morgan fingerprint density at radius 1 is 1.14 bits per heavy atom. The van der Waals surface area contributed by atoms with E-state index in [1.165, 1.54) is 16.7 Å². The summed E-state index contributed by atoms with van der Waals surface area (Å²) < 4.78 is 5.87. The maximum Gasteiger partial charge on any atom is 0.266 e. The molecule has 2 aromatic heterocycles. The number of aromatic nitrogens is 1. The third-order valence-electron chi connectivity index (χ3n) is 4.13. The maximum atomic E-state index is 12.6. The summed E-state index contributed by atoms with van der Waals surface area (Å²) in [4.78, 5) is 23.5. The van der Waals surface area contributed by atoms with Gasteiger partial charge < -0.3 is 4.42 Å². The second-order valence-electron chi connectivity index (χ2n) is 6.19. The number of thioether (sulfide) groups is 1. The van der Waals surface area contributed by atoms with Gasteiger partial charge in [0.05, 0.1) is 9.93 Å². The van der Waals surface area contributed by atoms with Crippen LogP contribution in [0.2, 0.25) is 5.02 Å². The zero-order chi connectivity index (χ0) is 19.7. The number of furan rings is 1. The van der Waals surface area contributed by atoms with Crippen molar-refractivity contribution >= 4 is 46.3 Å². The fraction of sp³-hybridized carbons (Fsp3) is 0.0952. The summed E-state index contributed by atoms with van der Waals surface area (Å²) >= 11 is 7.52. The van der Waals surface area contributed by atoms with Crippen molar-refractivity contribution in [2.45, 2.75) is 6.92 Å². The van der Waals surface area contributed by atoms with Crippen molar-refractivity contribution in [2.75, 3.05) is 7.05 Å². The van der Waals surface area contributed by atoms with Crippen LogP contribution in [0.3, 0.4) is 0 Å². The van der Waals surface area contributed by atoms with Crippen molar-refractivity contribution in [1.29, 1.82) is 0 Å². The number of rotatable bonds is 3. The minimum atomic E-state index is -0.132. The Morgan fingerprint density at radius 3 is 2.75 bits per heavy atom. The zero-order valence-electron chi connectivity index (χ0n) is 15.2. The highest BCUT2D eigenvalue weighted by Gasteiger charge is 2.30. The Morgan fingerprint density at radius 2 is 1.96 bits per heavy atom. The van der Waals surface area contributed by atoms with Crippen LogP contribution >= 0.6 is 23.4 Å². The van der Waals surface area contributed by atoms with Crippen molar-refractivity contribution in [2.24, 2.45) is 4.99 Å². The van der Waals surface area contributed by atoms with E-state index < -0.39 is 0 Å². The van der Waals surface area contributed by atoms with Crippen LogP contribution in [0.15, 0.2) is 68.9 Å². The highest BCUT2D eigenvalue weighted by Crippen LogP contribution is 2.34. The predicted octanol–water partition coefficient (Wildman–Crippen LogP) is 5.54. The number of amides is 1. The van der Waals surface area contributed by atoms with Gasteiger partial charge in [-0.05, 0) is 55.1 Å². The molecule has 0 spiro atoms. The molecule has 1 aromatic carbocycles. The maximum absolute atomic E-state index is 12.6. The van der Waals surface area contributed by atoms with E-state index in [9.17, 15) is 4.79 Å². The van der Waals surface area contributed by atoms with Crippen molar-refractivity contribution in [1.82, 2.24) is 9.88 Å². The molecule has 1 fully saturated rings. The van der Waals surface area contributed by atoms with E-state index in [0.29, 0.717) is 32.4 Å².